The molecule has 32 heavy (non-hydrogen) atoms. The van der Waals surface area contributed by atoms with Crippen LogP contribution in [0.15, 0.2) is 53.3 Å². The summed E-state index contributed by atoms with van der Waals surface area (Å²) in [4.78, 5) is 18.9. The van der Waals surface area contributed by atoms with Crippen molar-refractivity contribution in [1.82, 2.24) is 25.0 Å². The second-order valence-corrected chi connectivity index (χ2v) is 6.87. The number of carbonyl (C=O) groups is 1. The first-order chi connectivity index (χ1) is 15.4. The van der Waals surface area contributed by atoms with Crippen molar-refractivity contribution in [2.24, 2.45) is 0 Å². The first-order valence-corrected chi connectivity index (χ1v) is 9.27. The van der Waals surface area contributed by atoms with Crippen molar-refractivity contribution in [2.75, 3.05) is 4.90 Å². The minimum atomic E-state index is -2.90. The number of amides is 1. The van der Waals surface area contributed by atoms with Gasteiger partial charge in [0, 0.05) is 29.1 Å². The van der Waals surface area contributed by atoms with Gasteiger partial charge in [0.2, 0.25) is 5.89 Å². The van der Waals surface area contributed by atoms with Crippen molar-refractivity contribution in [1.29, 1.82) is 0 Å². The molecule has 0 saturated carbocycles. The molecule has 0 saturated heterocycles. The van der Waals surface area contributed by atoms with Gasteiger partial charge in [0.25, 0.3) is 11.8 Å². The Bertz CT molecular complexity index is 1320. The van der Waals surface area contributed by atoms with E-state index in [-0.39, 0.29) is 18.3 Å². The summed E-state index contributed by atoms with van der Waals surface area (Å²) in [6.45, 7) is -2.59. The molecular weight excluding hydrogens is 432 g/mol. The summed E-state index contributed by atoms with van der Waals surface area (Å²) in [5.74, 6) is -1.31. The van der Waals surface area contributed by atoms with Crippen molar-refractivity contribution < 1.29 is 26.8 Å². The number of pyridine rings is 1. The molecule has 0 radical (unpaired) electrons. The summed E-state index contributed by atoms with van der Waals surface area (Å²) >= 11 is 0. The maximum absolute atomic E-state index is 13.2. The van der Waals surface area contributed by atoms with Crippen LogP contribution in [0.5, 0.6) is 0 Å². The average Bonchev–Trinajstić information content (AvgIpc) is 3.53. The number of nitrogens with zero attached hydrogens (tertiary/aromatic N) is 6. The predicted octanol–water partition coefficient (Wildman–Crippen LogP) is 4.49. The summed E-state index contributed by atoms with van der Waals surface area (Å²) in [5.41, 5.74) is 2.41. The van der Waals surface area contributed by atoms with E-state index in [1.165, 1.54) is 23.4 Å². The molecule has 0 atom stereocenters. The lowest BCUT2D eigenvalue weighted by Crippen LogP contribution is -2.23. The largest absolute Gasteiger partial charge is 0.415 e. The lowest BCUT2D eigenvalue weighted by atomic mass is 10.1. The average molecular weight is 444 g/mol. The van der Waals surface area contributed by atoms with E-state index in [1.807, 2.05) is 0 Å². The van der Waals surface area contributed by atoms with E-state index < -0.39 is 18.9 Å². The molecule has 8 nitrogen and oxygen atoms in total. The molecule has 0 N–H and O–H groups in total. The Morgan fingerprint density at radius 3 is 2.62 bits per heavy atom. The molecule has 1 aromatic carbocycles. The van der Waals surface area contributed by atoms with Crippen molar-refractivity contribution >= 4 is 11.6 Å². The summed E-state index contributed by atoms with van der Waals surface area (Å²) in [6, 6.07) is 8.03. The van der Waals surface area contributed by atoms with Crippen LogP contribution in [0.1, 0.15) is 34.8 Å². The van der Waals surface area contributed by atoms with Gasteiger partial charge in [-0.1, -0.05) is 6.07 Å². The third-order valence-electron chi connectivity index (χ3n) is 4.94. The lowest BCUT2D eigenvalue weighted by molar-refractivity contribution is 0.0566. The number of hydrogen-bond donors (Lipinski definition) is 0. The first kappa shape index (κ1) is 19.8. The van der Waals surface area contributed by atoms with Crippen LogP contribution in [0.3, 0.4) is 0 Å². The zero-order chi connectivity index (χ0) is 22.4. The molecule has 0 bridgehead atoms. The number of anilines is 1. The van der Waals surface area contributed by atoms with Gasteiger partial charge in [-0.2, -0.15) is 22.7 Å². The molecule has 0 aliphatic carbocycles. The quantitative estimate of drug-likeness (QED) is 0.422. The number of halogens is 4. The van der Waals surface area contributed by atoms with E-state index in [4.69, 9.17) is 4.42 Å². The Labute approximate surface area is 177 Å². The Kier molecular flexibility index (Phi) is 4.68. The number of carbonyl (C=O) groups excluding carboxylic acids is 1. The zero-order valence-corrected chi connectivity index (χ0v) is 16.0. The SMILES string of the molecule is O=C1c2cc(-c3nnc(C(F)F)o3)ccc2CN1c1cccnc1-c1cnn(C(F)F)c1. The van der Waals surface area contributed by atoms with E-state index in [2.05, 4.69) is 20.3 Å². The smallest absolute Gasteiger partial charge is 0.333 e. The Hall–Kier alpha value is -4.09. The second-order valence-electron chi connectivity index (χ2n) is 6.87. The Morgan fingerprint density at radius 2 is 1.91 bits per heavy atom. The van der Waals surface area contributed by atoms with E-state index >= 15 is 0 Å². The molecule has 0 fully saturated rings. The highest BCUT2D eigenvalue weighted by atomic mass is 19.3. The van der Waals surface area contributed by atoms with Gasteiger partial charge in [-0.05, 0) is 29.8 Å². The molecule has 4 heterocycles. The molecule has 12 heteroatoms. The number of hydrogen-bond acceptors (Lipinski definition) is 6. The summed E-state index contributed by atoms with van der Waals surface area (Å²) < 4.78 is 56.8. The first-order valence-electron chi connectivity index (χ1n) is 9.27. The third-order valence-corrected chi connectivity index (χ3v) is 4.94. The number of benzene rings is 1. The van der Waals surface area contributed by atoms with Crippen LogP contribution < -0.4 is 4.90 Å². The standard InChI is InChI=1S/C20H12F4N6O2/c21-16(22)18-28-27-17(32-18)10-3-4-11-8-29(19(31)13(11)6-10)14-2-1-5-25-15(14)12-7-26-30(9-12)20(23)24/h1-7,9,16,20H,8H2. The lowest BCUT2D eigenvalue weighted by Gasteiger charge is -2.18. The van der Waals surface area contributed by atoms with Gasteiger partial charge in [0.1, 0.15) is 0 Å². The normalized spacial score (nSPS) is 13.4. The fourth-order valence-corrected chi connectivity index (χ4v) is 3.47. The number of rotatable bonds is 5. The van der Waals surface area contributed by atoms with Crippen LogP contribution in [0.25, 0.3) is 22.7 Å². The monoisotopic (exact) mass is 444 g/mol. The number of alkyl halides is 4. The van der Waals surface area contributed by atoms with Gasteiger partial charge >= 0.3 is 13.0 Å². The molecule has 1 aliphatic rings. The van der Waals surface area contributed by atoms with Gasteiger partial charge < -0.3 is 9.32 Å². The topological polar surface area (TPSA) is 89.9 Å². The molecule has 1 amide bonds. The fraction of sp³-hybridized carbons (Fsp3) is 0.150. The van der Waals surface area contributed by atoms with Crippen LogP contribution in [0.4, 0.5) is 23.2 Å². The summed E-state index contributed by atoms with van der Waals surface area (Å²) in [6.07, 6.45) is 0.986. The molecule has 0 unspecified atom stereocenters. The van der Waals surface area contributed by atoms with Gasteiger partial charge in [-0.15, -0.1) is 10.2 Å². The fourth-order valence-electron chi connectivity index (χ4n) is 3.47. The van der Waals surface area contributed by atoms with Crippen LogP contribution >= 0.6 is 0 Å². The molecule has 1 aliphatic heterocycles. The van der Waals surface area contributed by atoms with E-state index in [9.17, 15) is 22.4 Å². The number of fused-ring (bicyclic) bond motifs is 1. The van der Waals surface area contributed by atoms with Gasteiger partial charge in [0.05, 0.1) is 24.1 Å². The molecule has 4 aromatic rings. The summed E-state index contributed by atoms with van der Waals surface area (Å²) in [7, 11) is 0. The van der Waals surface area contributed by atoms with Gasteiger partial charge in [0.15, 0.2) is 0 Å². The molecular formula is C20H12F4N6O2. The second kappa shape index (κ2) is 7.55. The van der Waals surface area contributed by atoms with Crippen molar-refractivity contribution in [3.63, 3.8) is 0 Å². The van der Waals surface area contributed by atoms with Crippen molar-refractivity contribution in [3.05, 3.63) is 65.9 Å². The maximum atomic E-state index is 13.2. The van der Waals surface area contributed by atoms with E-state index in [0.717, 1.165) is 6.20 Å². The van der Waals surface area contributed by atoms with Gasteiger partial charge in [-0.25, -0.2) is 4.68 Å². The minimum Gasteiger partial charge on any atom is -0.415 e. The maximum Gasteiger partial charge on any atom is 0.333 e. The highest BCUT2D eigenvalue weighted by Crippen LogP contribution is 2.36. The van der Waals surface area contributed by atoms with Crippen LogP contribution in [-0.4, -0.2) is 30.9 Å². The van der Waals surface area contributed by atoms with Crippen LogP contribution in [-0.2, 0) is 6.54 Å². The Balaban J connectivity index is 1.49. The highest BCUT2D eigenvalue weighted by molar-refractivity contribution is 6.11. The van der Waals surface area contributed by atoms with E-state index in [1.54, 1.807) is 24.3 Å². The molecule has 5 rings (SSSR count). The minimum absolute atomic E-state index is 0.129. The van der Waals surface area contributed by atoms with Crippen LogP contribution in [0, 0.1) is 0 Å². The van der Waals surface area contributed by atoms with Crippen molar-refractivity contribution in [3.8, 4) is 22.7 Å². The zero-order valence-electron chi connectivity index (χ0n) is 16.0. The van der Waals surface area contributed by atoms with Crippen molar-refractivity contribution in [2.45, 2.75) is 19.5 Å². The van der Waals surface area contributed by atoms with Gasteiger partial charge in [-0.3, -0.25) is 9.78 Å². The number of aromatic nitrogens is 5. The molecule has 3 aromatic heterocycles. The molecule has 162 valence electrons. The van der Waals surface area contributed by atoms with Crippen LogP contribution in [0.2, 0.25) is 0 Å². The Morgan fingerprint density at radius 1 is 1.06 bits per heavy atom. The molecule has 0 spiro atoms. The summed E-state index contributed by atoms with van der Waals surface area (Å²) in [5, 5.41) is 10.5. The van der Waals surface area contributed by atoms with E-state index in [0.29, 0.717) is 38.3 Å². The third kappa shape index (κ3) is 3.29. The predicted molar refractivity (Wildman–Crippen MR) is 102 cm³/mol. The highest BCUT2D eigenvalue weighted by Gasteiger charge is 2.31.